The summed E-state index contributed by atoms with van der Waals surface area (Å²) in [6, 6.07) is 19.2. The Balaban J connectivity index is 1.46. The van der Waals surface area contributed by atoms with Crippen molar-refractivity contribution in [2.24, 2.45) is 5.10 Å². The lowest BCUT2D eigenvalue weighted by Crippen LogP contribution is -2.32. The van der Waals surface area contributed by atoms with Gasteiger partial charge < -0.3 is 20.1 Å². The average Bonchev–Trinajstić information content (AvgIpc) is 2.86. The van der Waals surface area contributed by atoms with E-state index in [1.165, 1.54) is 6.21 Å². The maximum Gasteiger partial charge on any atom is 0.329 e. The van der Waals surface area contributed by atoms with Crippen LogP contribution < -0.4 is 25.5 Å². The minimum absolute atomic E-state index is 0.191. The molecule has 3 aromatic rings. The summed E-state index contributed by atoms with van der Waals surface area (Å²) in [5, 5.41) is 9.09. The minimum Gasteiger partial charge on any atom is -0.494 e. The van der Waals surface area contributed by atoms with Crippen LogP contribution in [0.5, 0.6) is 11.5 Å². The zero-order valence-corrected chi connectivity index (χ0v) is 20.3. The molecular weight excluding hydrogens is 460 g/mol. The van der Waals surface area contributed by atoms with Crippen LogP contribution in [0, 0.1) is 13.8 Å². The molecule has 0 bridgehead atoms. The Bertz CT molecular complexity index is 1260. The predicted molar refractivity (Wildman–Crippen MR) is 138 cm³/mol. The normalized spacial score (nSPS) is 10.5. The van der Waals surface area contributed by atoms with Crippen molar-refractivity contribution in [1.82, 2.24) is 5.43 Å². The number of hydrazone groups is 1. The number of anilines is 2. The van der Waals surface area contributed by atoms with Gasteiger partial charge in [0.1, 0.15) is 11.5 Å². The fraction of sp³-hybridized carbons (Fsp3) is 0.185. The Labute approximate surface area is 209 Å². The molecule has 0 unspecified atom stereocenters. The van der Waals surface area contributed by atoms with E-state index in [1.807, 2.05) is 26.8 Å². The fourth-order valence-corrected chi connectivity index (χ4v) is 3.05. The molecule has 0 radical (unpaired) electrons. The van der Waals surface area contributed by atoms with Crippen LogP contribution in [-0.2, 0) is 14.4 Å². The van der Waals surface area contributed by atoms with E-state index in [-0.39, 0.29) is 12.5 Å². The maximum atomic E-state index is 12.2. The number of nitrogens with zero attached hydrogens (tertiary/aromatic N) is 1. The number of carbonyl (C=O) groups excluding carboxylic acids is 3. The van der Waals surface area contributed by atoms with Crippen molar-refractivity contribution in [3.63, 3.8) is 0 Å². The fourth-order valence-electron chi connectivity index (χ4n) is 3.05. The van der Waals surface area contributed by atoms with Crippen molar-refractivity contribution >= 4 is 35.3 Å². The molecule has 0 saturated heterocycles. The predicted octanol–water partition coefficient (Wildman–Crippen LogP) is 3.81. The summed E-state index contributed by atoms with van der Waals surface area (Å²) in [5.74, 6) is -0.878. The summed E-state index contributed by atoms with van der Waals surface area (Å²) in [6.45, 7) is 6.15. The smallest absolute Gasteiger partial charge is 0.329 e. The van der Waals surface area contributed by atoms with Gasteiger partial charge in [-0.3, -0.25) is 14.4 Å². The van der Waals surface area contributed by atoms with Gasteiger partial charge in [-0.1, -0.05) is 18.2 Å². The first kappa shape index (κ1) is 26.0. The summed E-state index contributed by atoms with van der Waals surface area (Å²) < 4.78 is 10.9. The molecule has 0 aromatic heterocycles. The molecule has 3 amide bonds. The van der Waals surface area contributed by atoms with Crippen molar-refractivity contribution < 1.29 is 23.9 Å². The highest BCUT2D eigenvalue weighted by atomic mass is 16.5. The second kappa shape index (κ2) is 12.7. The molecule has 0 heterocycles. The van der Waals surface area contributed by atoms with E-state index in [0.717, 1.165) is 16.9 Å². The Morgan fingerprint density at radius 3 is 2.28 bits per heavy atom. The first-order valence-electron chi connectivity index (χ1n) is 11.3. The minimum atomic E-state index is -0.900. The van der Waals surface area contributed by atoms with Crippen molar-refractivity contribution in [2.45, 2.75) is 20.8 Å². The number of rotatable bonds is 9. The lowest BCUT2D eigenvalue weighted by molar-refractivity contribution is -0.136. The van der Waals surface area contributed by atoms with Gasteiger partial charge in [0.25, 0.3) is 5.91 Å². The third-order valence-electron chi connectivity index (χ3n) is 5.03. The van der Waals surface area contributed by atoms with Gasteiger partial charge in [0, 0.05) is 11.4 Å². The van der Waals surface area contributed by atoms with E-state index in [4.69, 9.17) is 9.47 Å². The monoisotopic (exact) mass is 488 g/mol. The molecule has 0 atom stereocenters. The van der Waals surface area contributed by atoms with Gasteiger partial charge in [-0.2, -0.15) is 5.10 Å². The van der Waals surface area contributed by atoms with Crippen LogP contribution in [0.15, 0.2) is 71.8 Å². The van der Waals surface area contributed by atoms with Crippen LogP contribution in [0.2, 0.25) is 0 Å². The van der Waals surface area contributed by atoms with E-state index in [2.05, 4.69) is 21.2 Å². The van der Waals surface area contributed by atoms with Crippen molar-refractivity contribution in [1.29, 1.82) is 0 Å². The molecule has 36 heavy (non-hydrogen) atoms. The highest BCUT2D eigenvalue weighted by molar-refractivity contribution is 6.39. The summed E-state index contributed by atoms with van der Waals surface area (Å²) >= 11 is 0. The Morgan fingerprint density at radius 2 is 1.56 bits per heavy atom. The molecule has 3 N–H and O–H groups in total. The van der Waals surface area contributed by atoms with E-state index in [9.17, 15) is 14.4 Å². The van der Waals surface area contributed by atoms with Gasteiger partial charge in [-0.05, 0) is 86.0 Å². The molecule has 0 aliphatic heterocycles. The molecular formula is C27H28N4O5. The van der Waals surface area contributed by atoms with Crippen LogP contribution in [-0.4, -0.2) is 37.1 Å². The third-order valence-corrected chi connectivity index (χ3v) is 5.03. The number of aryl methyl sites for hydroxylation is 2. The molecule has 0 aliphatic rings. The summed E-state index contributed by atoms with van der Waals surface area (Å²) in [6.07, 6.45) is 1.37. The number of nitrogens with one attached hydrogen (secondary N) is 3. The molecule has 9 nitrogen and oxygen atoms in total. The van der Waals surface area contributed by atoms with E-state index < -0.39 is 11.8 Å². The number of hydrogen-bond acceptors (Lipinski definition) is 6. The summed E-state index contributed by atoms with van der Waals surface area (Å²) in [7, 11) is 0. The molecule has 0 fully saturated rings. The average molecular weight is 489 g/mol. The highest BCUT2D eigenvalue weighted by Crippen LogP contribution is 2.16. The topological polar surface area (TPSA) is 118 Å². The lowest BCUT2D eigenvalue weighted by Gasteiger charge is -2.09. The van der Waals surface area contributed by atoms with Crippen molar-refractivity contribution in [2.75, 3.05) is 23.8 Å². The molecule has 0 aliphatic carbocycles. The quantitative estimate of drug-likeness (QED) is 0.241. The molecule has 3 rings (SSSR count). The van der Waals surface area contributed by atoms with Crippen LogP contribution in [0.25, 0.3) is 0 Å². The van der Waals surface area contributed by atoms with Gasteiger partial charge in [-0.25, -0.2) is 5.43 Å². The van der Waals surface area contributed by atoms with Crippen LogP contribution in [0.4, 0.5) is 11.4 Å². The van der Waals surface area contributed by atoms with Gasteiger partial charge in [0.05, 0.1) is 12.8 Å². The van der Waals surface area contributed by atoms with Gasteiger partial charge in [0.15, 0.2) is 6.61 Å². The molecule has 186 valence electrons. The number of benzene rings is 3. The Morgan fingerprint density at radius 1 is 0.806 bits per heavy atom. The van der Waals surface area contributed by atoms with E-state index in [1.54, 1.807) is 60.7 Å². The Hall–Kier alpha value is -4.66. The van der Waals surface area contributed by atoms with Crippen LogP contribution >= 0.6 is 0 Å². The lowest BCUT2D eigenvalue weighted by atomic mass is 10.1. The first-order chi connectivity index (χ1) is 17.3. The summed E-state index contributed by atoms with van der Waals surface area (Å²) in [5.41, 5.74) is 6.04. The summed E-state index contributed by atoms with van der Waals surface area (Å²) in [4.78, 5) is 36.3. The standard InChI is InChI=1S/C27H28N4O5/c1-4-35-23-12-10-21(11-13-23)29-25(32)17-36-24-7-5-6-20(15-24)16-28-31-27(34)26(33)30-22-9-8-18(2)19(3)14-22/h5-16H,4,17H2,1-3H3,(H,29,32)(H,30,33)(H,31,34)/b28-16-. The molecule has 0 spiro atoms. The molecule has 0 saturated carbocycles. The zero-order valence-electron chi connectivity index (χ0n) is 20.3. The molecule has 9 heteroatoms. The first-order valence-corrected chi connectivity index (χ1v) is 11.3. The maximum absolute atomic E-state index is 12.2. The number of carbonyl (C=O) groups is 3. The second-order valence-electron chi connectivity index (χ2n) is 7.82. The largest absolute Gasteiger partial charge is 0.494 e. The van der Waals surface area contributed by atoms with Crippen molar-refractivity contribution in [3.8, 4) is 11.5 Å². The van der Waals surface area contributed by atoms with Crippen LogP contribution in [0.1, 0.15) is 23.6 Å². The van der Waals surface area contributed by atoms with Crippen LogP contribution in [0.3, 0.4) is 0 Å². The number of ether oxygens (including phenoxy) is 2. The van der Waals surface area contributed by atoms with E-state index >= 15 is 0 Å². The van der Waals surface area contributed by atoms with Crippen molar-refractivity contribution in [3.05, 3.63) is 83.4 Å². The second-order valence-corrected chi connectivity index (χ2v) is 7.82. The Kier molecular flexibility index (Phi) is 9.16. The van der Waals surface area contributed by atoms with E-state index in [0.29, 0.717) is 29.3 Å². The van der Waals surface area contributed by atoms with Gasteiger partial charge >= 0.3 is 11.8 Å². The highest BCUT2D eigenvalue weighted by Gasteiger charge is 2.13. The molecule has 3 aromatic carbocycles. The van der Waals surface area contributed by atoms with Gasteiger partial charge in [-0.15, -0.1) is 0 Å². The number of amides is 3. The zero-order chi connectivity index (χ0) is 25.9. The SMILES string of the molecule is CCOc1ccc(NC(=O)COc2cccc(/C=N\NC(=O)C(=O)Nc3ccc(C)c(C)c3)c2)cc1. The van der Waals surface area contributed by atoms with Gasteiger partial charge in [0.2, 0.25) is 0 Å². The number of hydrogen-bond donors (Lipinski definition) is 3. The third kappa shape index (κ3) is 7.98.